The highest BCUT2D eigenvalue weighted by atomic mass is 16.3. The van der Waals surface area contributed by atoms with Gasteiger partial charge in [-0.2, -0.15) is 0 Å². The van der Waals surface area contributed by atoms with Crippen molar-refractivity contribution in [1.29, 1.82) is 0 Å². The molecule has 1 aliphatic heterocycles. The van der Waals surface area contributed by atoms with E-state index in [0.717, 1.165) is 25.1 Å². The highest BCUT2D eigenvalue weighted by Crippen LogP contribution is 2.31. The lowest BCUT2D eigenvalue weighted by molar-refractivity contribution is 0.270. The molecule has 0 amide bonds. The summed E-state index contributed by atoms with van der Waals surface area (Å²) in [6.07, 6.45) is 0.753. The molecule has 1 heterocycles. The molecular formula is C11H15NO2. The third-order valence-electron chi connectivity index (χ3n) is 2.80. The number of rotatable bonds is 2. The molecule has 1 unspecified atom stereocenters. The Hall–Kier alpha value is -1.06. The molecule has 2 rings (SSSR count). The van der Waals surface area contributed by atoms with E-state index >= 15 is 0 Å². The first kappa shape index (κ1) is 9.49. The maximum atomic E-state index is 9.64. The van der Waals surface area contributed by atoms with Gasteiger partial charge >= 0.3 is 0 Å². The van der Waals surface area contributed by atoms with Crippen molar-refractivity contribution in [3.63, 3.8) is 0 Å². The fraction of sp³-hybridized carbons (Fsp3) is 0.455. The van der Waals surface area contributed by atoms with Gasteiger partial charge in [-0.15, -0.1) is 0 Å². The molecule has 14 heavy (non-hydrogen) atoms. The van der Waals surface area contributed by atoms with Gasteiger partial charge in [-0.05, 0) is 24.0 Å². The van der Waals surface area contributed by atoms with Crippen molar-refractivity contribution in [2.45, 2.75) is 18.9 Å². The lowest BCUT2D eigenvalue weighted by Crippen LogP contribution is -2.28. The molecule has 0 spiro atoms. The van der Waals surface area contributed by atoms with E-state index in [9.17, 15) is 5.11 Å². The van der Waals surface area contributed by atoms with Crippen LogP contribution in [-0.4, -0.2) is 23.4 Å². The van der Waals surface area contributed by atoms with E-state index in [-0.39, 0.29) is 6.61 Å². The highest BCUT2D eigenvalue weighted by Gasteiger charge is 2.20. The molecule has 1 aromatic carbocycles. The Morgan fingerprint density at radius 1 is 1.43 bits per heavy atom. The van der Waals surface area contributed by atoms with Gasteiger partial charge in [0.25, 0.3) is 0 Å². The van der Waals surface area contributed by atoms with E-state index in [2.05, 4.69) is 5.32 Å². The summed E-state index contributed by atoms with van der Waals surface area (Å²) in [5.41, 5.74) is 2.16. The fourth-order valence-corrected chi connectivity index (χ4v) is 2.06. The summed E-state index contributed by atoms with van der Waals surface area (Å²) in [6.45, 7) is 1.81. The molecule has 0 radical (unpaired) electrons. The van der Waals surface area contributed by atoms with Crippen molar-refractivity contribution < 1.29 is 10.2 Å². The number of benzene rings is 1. The van der Waals surface area contributed by atoms with Crippen LogP contribution < -0.4 is 5.32 Å². The summed E-state index contributed by atoms with van der Waals surface area (Å²) < 4.78 is 0. The van der Waals surface area contributed by atoms with Crippen LogP contribution in [0.25, 0.3) is 0 Å². The number of aromatic hydroxyl groups is 1. The minimum atomic E-state index is 0.196. The minimum Gasteiger partial charge on any atom is -0.508 e. The maximum Gasteiger partial charge on any atom is 0.120 e. The summed E-state index contributed by atoms with van der Waals surface area (Å²) in [4.78, 5) is 0. The molecule has 3 N–H and O–H groups in total. The number of phenolic OH excluding ortho intramolecular Hbond substituents is 1. The van der Waals surface area contributed by atoms with Crippen LogP contribution in [0.15, 0.2) is 18.2 Å². The van der Waals surface area contributed by atoms with Crippen LogP contribution in [0.5, 0.6) is 5.75 Å². The summed E-state index contributed by atoms with van der Waals surface area (Å²) in [5.74, 6) is 0.688. The second-order valence-corrected chi connectivity index (χ2v) is 3.69. The zero-order valence-electron chi connectivity index (χ0n) is 8.03. The topological polar surface area (TPSA) is 52.5 Å². The second kappa shape index (κ2) is 3.98. The minimum absolute atomic E-state index is 0.196. The molecule has 0 aliphatic carbocycles. The van der Waals surface area contributed by atoms with Crippen molar-refractivity contribution in [2.24, 2.45) is 0 Å². The quantitative estimate of drug-likeness (QED) is 0.655. The van der Waals surface area contributed by atoms with Crippen LogP contribution >= 0.6 is 0 Å². The zero-order valence-corrected chi connectivity index (χ0v) is 8.03. The Kier molecular flexibility index (Phi) is 2.70. The molecular weight excluding hydrogens is 178 g/mol. The predicted octanol–water partition coefficient (Wildman–Crippen LogP) is 0.961. The van der Waals surface area contributed by atoms with Crippen molar-refractivity contribution in [3.05, 3.63) is 29.3 Å². The molecule has 3 nitrogen and oxygen atoms in total. The van der Waals surface area contributed by atoms with Gasteiger partial charge < -0.3 is 15.5 Å². The Balaban J connectivity index is 2.34. The van der Waals surface area contributed by atoms with E-state index in [4.69, 9.17) is 5.11 Å². The Morgan fingerprint density at radius 2 is 2.29 bits per heavy atom. The van der Waals surface area contributed by atoms with Gasteiger partial charge in [0.05, 0.1) is 0 Å². The SMILES string of the molecule is OCCC1CNCc2c(O)cccc21. The van der Waals surface area contributed by atoms with Crippen LogP contribution in [0.3, 0.4) is 0 Å². The zero-order chi connectivity index (χ0) is 9.97. The largest absolute Gasteiger partial charge is 0.508 e. The monoisotopic (exact) mass is 193 g/mol. The van der Waals surface area contributed by atoms with Gasteiger partial charge in [0.2, 0.25) is 0 Å². The summed E-state index contributed by atoms with van der Waals surface area (Å²) in [6, 6.07) is 5.61. The molecule has 0 fully saturated rings. The lowest BCUT2D eigenvalue weighted by atomic mass is 9.88. The Bertz CT molecular complexity index is 325. The molecule has 1 aliphatic rings. The van der Waals surface area contributed by atoms with Gasteiger partial charge in [-0.3, -0.25) is 0 Å². The van der Waals surface area contributed by atoms with Gasteiger partial charge in [0, 0.05) is 25.3 Å². The Morgan fingerprint density at radius 3 is 3.07 bits per heavy atom. The molecule has 0 aromatic heterocycles. The number of nitrogens with one attached hydrogen (secondary N) is 1. The van der Waals surface area contributed by atoms with Gasteiger partial charge in [-0.25, -0.2) is 0 Å². The molecule has 0 saturated heterocycles. The predicted molar refractivity (Wildman–Crippen MR) is 54.3 cm³/mol. The van der Waals surface area contributed by atoms with E-state index in [0.29, 0.717) is 11.7 Å². The van der Waals surface area contributed by atoms with Crippen molar-refractivity contribution in [3.8, 4) is 5.75 Å². The third kappa shape index (κ3) is 1.61. The van der Waals surface area contributed by atoms with Gasteiger partial charge in [0.15, 0.2) is 0 Å². The van der Waals surface area contributed by atoms with Crippen LogP contribution in [0.2, 0.25) is 0 Å². The number of hydrogen-bond acceptors (Lipinski definition) is 3. The van der Waals surface area contributed by atoms with E-state index < -0.39 is 0 Å². The summed E-state index contributed by atoms with van der Waals surface area (Å²) in [5, 5.41) is 21.8. The third-order valence-corrected chi connectivity index (χ3v) is 2.80. The highest BCUT2D eigenvalue weighted by molar-refractivity contribution is 5.42. The van der Waals surface area contributed by atoms with Crippen molar-refractivity contribution in [1.82, 2.24) is 5.32 Å². The summed E-state index contributed by atoms with van der Waals surface area (Å²) >= 11 is 0. The van der Waals surface area contributed by atoms with E-state index in [1.54, 1.807) is 6.07 Å². The lowest BCUT2D eigenvalue weighted by Gasteiger charge is -2.26. The van der Waals surface area contributed by atoms with Crippen molar-refractivity contribution in [2.75, 3.05) is 13.2 Å². The number of fused-ring (bicyclic) bond motifs is 1. The first-order valence-electron chi connectivity index (χ1n) is 4.95. The average molecular weight is 193 g/mol. The van der Waals surface area contributed by atoms with E-state index in [1.165, 1.54) is 5.56 Å². The van der Waals surface area contributed by atoms with Crippen LogP contribution in [-0.2, 0) is 6.54 Å². The molecule has 0 bridgehead atoms. The van der Waals surface area contributed by atoms with Crippen molar-refractivity contribution >= 4 is 0 Å². The summed E-state index contributed by atoms with van der Waals surface area (Å²) in [7, 11) is 0. The molecule has 0 saturated carbocycles. The first-order chi connectivity index (χ1) is 6.83. The molecule has 1 atom stereocenters. The van der Waals surface area contributed by atoms with Crippen LogP contribution in [0.4, 0.5) is 0 Å². The second-order valence-electron chi connectivity index (χ2n) is 3.69. The number of aliphatic hydroxyl groups excluding tert-OH is 1. The number of phenols is 1. The standard InChI is InChI=1S/C11H15NO2/c13-5-4-8-6-12-7-10-9(8)2-1-3-11(10)14/h1-3,8,12-14H,4-7H2. The van der Waals surface area contributed by atoms with E-state index in [1.807, 2.05) is 12.1 Å². The van der Waals surface area contributed by atoms with Crippen LogP contribution in [0.1, 0.15) is 23.5 Å². The number of hydrogen-bond donors (Lipinski definition) is 3. The number of aliphatic hydroxyl groups is 1. The smallest absolute Gasteiger partial charge is 0.120 e. The fourth-order valence-electron chi connectivity index (χ4n) is 2.06. The van der Waals surface area contributed by atoms with Gasteiger partial charge in [0.1, 0.15) is 5.75 Å². The first-order valence-corrected chi connectivity index (χ1v) is 4.95. The molecule has 1 aromatic rings. The average Bonchev–Trinajstić information content (AvgIpc) is 2.20. The van der Waals surface area contributed by atoms with Gasteiger partial charge in [-0.1, -0.05) is 12.1 Å². The van der Waals surface area contributed by atoms with Crippen LogP contribution in [0, 0.1) is 0 Å². The molecule has 76 valence electrons. The normalized spacial score (nSPS) is 20.5. The Labute approximate surface area is 83.4 Å². The molecule has 3 heteroatoms. The maximum absolute atomic E-state index is 9.64.